The second-order valence-electron chi connectivity index (χ2n) is 6.28. The van der Waals surface area contributed by atoms with Crippen molar-refractivity contribution in [1.29, 1.82) is 0 Å². The van der Waals surface area contributed by atoms with Gasteiger partial charge in [0.05, 0.1) is 13.1 Å². The molecule has 1 aliphatic carbocycles. The molecule has 1 aliphatic rings. The molecule has 4 nitrogen and oxygen atoms in total. The number of aryl methyl sites for hydroxylation is 2. The third kappa shape index (κ3) is 4.02. The van der Waals surface area contributed by atoms with Crippen molar-refractivity contribution in [2.24, 2.45) is 0 Å². The largest absolute Gasteiger partial charge is 0.465 e. The third-order valence-corrected chi connectivity index (χ3v) is 4.43. The maximum Gasteiger partial charge on any atom is 0.117 e. The maximum atomic E-state index is 5.64. The zero-order chi connectivity index (χ0) is 15.4. The molecular weight excluding hydrogens is 276 g/mol. The minimum Gasteiger partial charge on any atom is -0.465 e. The average Bonchev–Trinajstić information content (AvgIpc) is 3.12. The highest BCUT2D eigenvalue weighted by atomic mass is 16.3. The lowest BCUT2D eigenvalue weighted by atomic mass is 9.90. The summed E-state index contributed by atoms with van der Waals surface area (Å²) < 4.78 is 11.3. The van der Waals surface area contributed by atoms with Gasteiger partial charge in [-0.05, 0) is 51.0 Å². The molecule has 1 saturated carbocycles. The molecule has 120 valence electrons. The van der Waals surface area contributed by atoms with Crippen molar-refractivity contribution < 1.29 is 8.83 Å². The molecule has 0 spiro atoms. The molecule has 0 saturated heterocycles. The lowest BCUT2D eigenvalue weighted by molar-refractivity contribution is 0.269. The Morgan fingerprint density at radius 1 is 0.818 bits per heavy atom. The summed E-state index contributed by atoms with van der Waals surface area (Å²) >= 11 is 0. The number of nitrogens with one attached hydrogen (secondary N) is 2. The van der Waals surface area contributed by atoms with E-state index in [2.05, 4.69) is 22.8 Å². The van der Waals surface area contributed by atoms with Crippen LogP contribution >= 0.6 is 0 Å². The zero-order valence-corrected chi connectivity index (χ0v) is 13.5. The highest BCUT2D eigenvalue weighted by molar-refractivity contribution is 5.07. The molecule has 2 N–H and O–H groups in total. The standard InChI is InChI=1S/C18H26N2O2/c1-13-7-9-15(21-13)11-19-17-5-3-4-6-18(17)20-12-16-10-8-14(2)22-16/h7-10,17-20H,3-6,11-12H2,1-2H3/t17-,18-/m1/s1. The summed E-state index contributed by atoms with van der Waals surface area (Å²) in [6.07, 6.45) is 5.03. The van der Waals surface area contributed by atoms with Crippen molar-refractivity contribution in [3.05, 3.63) is 47.3 Å². The highest BCUT2D eigenvalue weighted by Gasteiger charge is 2.24. The van der Waals surface area contributed by atoms with E-state index in [4.69, 9.17) is 8.83 Å². The van der Waals surface area contributed by atoms with E-state index in [0.717, 1.165) is 36.1 Å². The van der Waals surface area contributed by atoms with Crippen LogP contribution in [0.3, 0.4) is 0 Å². The molecule has 0 aromatic carbocycles. The predicted molar refractivity (Wildman–Crippen MR) is 86.6 cm³/mol. The second-order valence-corrected chi connectivity index (χ2v) is 6.28. The second kappa shape index (κ2) is 7.16. The van der Waals surface area contributed by atoms with Crippen molar-refractivity contribution in [3.63, 3.8) is 0 Å². The maximum absolute atomic E-state index is 5.64. The van der Waals surface area contributed by atoms with Gasteiger partial charge in [0.25, 0.3) is 0 Å². The molecule has 0 unspecified atom stereocenters. The van der Waals surface area contributed by atoms with E-state index in [1.165, 1.54) is 25.7 Å². The first-order chi connectivity index (χ1) is 10.7. The fourth-order valence-corrected chi connectivity index (χ4v) is 3.24. The van der Waals surface area contributed by atoms with Crippen LogP contribution in [0.2, 0.25) is 0 Å². The van der Waals surface area contributed by atoms with Gasteiger partial charge in [0, 0.05) is 12.1 Å². The van der Waals surface area contributed by atoms with E-state index in [-0.39, 0.29) is 0 Å². The summed E-state index contributed by atoms with van der Waals surface area (Å²) in [5.74, 6) is 3.98. The van der Waals surface area contributed by atoms with Gasteiger partial charge in [-0.1, -0.05) is 12.8 Å². The van der Waals surface area contributed by atoms with Gasteiger partial charge in [-0.25, -0.2) is 0 Å². The zero-order valence-electron chi connectivity index (χ0n) is 13.5. The Balaban J connectivity index is 1.51. The van der Waals surface area contributed by atoms with Crippen LogP contribution in [0.1, 0.15) is 48.7 Å². The summed E-state index contributed by atoms with van der Waals surface area (Å²) in [6, 6.07) is 9.14. The average molecular weight is 302 g/mol. The molecule has 3 rings (SSSR count). The van der Waals surface area contributed by atoms with Crippen molar-refractivity contribution in [3.8, 4) is 0 Å². The van der Waals surface area contributed by atoms with E-state index in [0.29, 0.717) is 12.1 Å². The summed E-state index contributed by atoms with van der Waals surface area (Å²) in [7, 11) is 0. The van der Waals surface area contributed by atoms with Gasteiger partial charge in [0.1, 0.15) is 23.0 Å². The molecule has 2 heterocycles. The first kappa shape index (κ1) is 15.4. The van der Waals surface area contributed by atoms with Crippen LogP contribution in [0, 0.1) is 13.8 Å². The quantitative estimate of drug-likeness (QED) is 0.854. The molecule has 2 aromatic rings. The molecule has 0 aliphatic heterocycles. The van der Waals surface area contributed by atoms with E-state index < -0.39 is 0 Å². The molecule has 2 atom stereocenters. The third-order valence-electron chi connectivity index (χ3n) is 4.43. The van der Waals surface area contributed by atoms with Gasteiger partial charge in [0.15, 0.2) is 0 Å². The Morgan fingerprint density at radius 3 is 1.64 bits per heavy atom. The number of hydrogen-bond donors (Lipinski definition) is 2. The molecule has 0 radical (unpaired) electrons. The molecule has 4 heteroatoms. The van der Waals surface area contributed by atoms with Gasteiger partial charge >= 0.3 is 0 Å². The van der Waals surface area contributed by atoms with Crippen molar-refractivity contribution in [2.45, 2.75) is 64.7 Å². The van der Waals surface area contributed by atoms with Gasteiger partial charge < -0.3 is 19.5 Å². The smallest absolute Gasteiger partial charge is 0.117 e. The van der Waals surface area contributed by atoms with Crippen LogP contribution < -0.4 is 10.6 Å². The normalized spacial score (nSPS) is 22.1. The van der Waals surface area contributed by atoms with E-state index in [9.17, 15) is 0 Å². The van der Waals surface area contributed by atoms with Crippen molar-refractivity contribution >= 4 is 0 Å². The van der Waals surface area contributed by atoms with Crippen LogP contribution in [0.5, 0.6) is 0 Å². The van der Waals surface area contributed by atoms with Crippen LogP contribution in [0.15, 0.2) is 33.1 Å². The van der Waals surface area contributed by atoms with Gasteiger partial charge in [-0.2, -0.15) is 0 Å². The summed E-state index contributed by atoms with van der Waals surface area (Å²) in [6.45, 7) is 5.58. The minimum absolute atomic E-state index is 0.496. The fourth-order valence-electron chi connectivity index (χ4n) is 3.24. The minimum atomic E-state index is 0.496. The monoisotopic (exact) mass is 302 g/mol. The summed E-state index contributed by atoms with van der Waals surface area (Å²) in [5, 5.41) is 7.31. The van der Waals surface area contributed by atoms with Gasteiger partial charge in [-0.3, -0.25) is 0 Å². The fraction of sp³-hybridized carbons (Fsp3) is 0.556. The molecule has 22 heavy (non-hydrogen) atoms. The first-order valence-electron chi connectivity index (χ1n) is 8.28. The van der Waals surface area contributed by atoms with E-state index >= 15 is 0 Å². The summed E-state index contributed by atoms with van der Waals surface area (Å²) in [5.41, 5.74) is 0. The highest BCUT2D eigenvalue weighted by Crippen LogP contribution is 2.20. The topological polar surface area (TPSA) is 50.3 Å². The molecule has 2 aromatic heterocycles. The van der Waals surface area contributed by atoms with Gasteiger partial charge in [-0.15, -0.1) is 0 Å². The Morgan fingerprint density at radius 2 is 1.27 bits per heavy atom. The van der Waals surface area contributed by atoms with Crippen molar-refractivity contribution in [2.75, 3.05) is 0 Å². The lowest BCUT2D eigenvalue weighted by Crippen LogP contribution is -2.49. The SMILES string of the molecule is Cc1ccc(CN[C@@H]2CCCC[C@H]2NCc2ccc(C)o2)o1. The Labute approximate surface area is 132 Å². The van der Waals surface area contributed by atoms with Crippen LogP contribution in [-0.4, -0.2) is 12.1 Å². The molecule has 1 fully saturated rings. The summed E-state index contributed by atoms with van der Waals surface area (Å²) in [4.78, 5) is 0. The van der Waals surface area contributed by atoms with Crippen LogP contribution in [0.4, 0.5) is 0 Å². The first-order valence-corrected chi connectivity index (χ1v) is 8.28. The number of hydrogen-bond acceptors (Lipinski definition) is 4. The van der Waals surface area contributed by atoms with Crippen LogP contribution in [-0.2, 0) is 13.1 Å². The van der Waals surface area contributed by atoms with Crippen LogP contribution in [0.25, 0.3) is 0 Å². The predicted octanol–water partition coefficient (Wildman–Crippen LogP) is 3.68. The number of rotatable bonds is 6. The van der Waals surface area contributed by atoms with E-state index in [1.807, 2.05) is 26.0 Å². The number of furan rings is 2. The molecule has 0 bridgehead atoms. The molecule has 0 amide bonds. The Kier molecular flexibility index (Phi) is 5.01. The van der Waals surface area contributed by atoms with E-state index in [1.54, 1.807) is 0 Å². The Bertz CT molecular complexity index is 535. The lowest BCUT2D eigenvalue weighted by Gasteiger charge is -2.32. The van der Waals surface area contributed by atoms with Crippen molar-refractivity contribution in [1.82, 2.24) is 10.6 Å². The Hall–Kier alpha value is -1.52. The molecular formula is C18H26N2O2. The van der Waals surface area contributed by atoms with Gasteiger partial charge in [0.2, 0.25) is 0 Å².